The van der Waals surface area contributed by atoms with Crippen LogP contribution in [0, 0.1) is 32.6 Å². The van der Waals surface area contributed by atoms with E-state index in [1.165, 1.54) is 0 Å². The average Bonchev–Trinajstić information content (AvgIpc) is 3.38. The number of carbonyl (C=O) groups is 1. The van der Waals surface area contributed by atoms with Gasteiger partial charge in [-0.1, -0.05) is 61.9 Å². The van der Waals surface area contributed by atoms with Crippen LogP contribution in [0.4, 0.5) is 0 Å². The van der Waals surface area contributed by atoms with Crippen LogP contribution in [0.2, 0.25) is 0 Å². The molecular formula is C30H38N4O2. The Morgan fingerprint density at radius 3 is 2.39 bits per heavy atom. The van der Waals surface area contributed by atoms with Gasteiger partial charge in [0.05, 0.1) is 12.6 Å². The molecule has 190 valence electrons. The second kappa shape index (κ2) is 11.2. The predicted molar refractivity (Wildman–Crippen MR) is 144 cm³/mol. The molecule has 1 aromatic heterocycles. The number of hydrogen-bond donors (Lipinski definition) is 1. The maximum atomic E-state index is 14.1. The summed E-state index contributed by atoms with van der Waals surface area (Å²) in [4.78, 5) is 34.6. The van der Waals surface area contributed by atoms with Crippen molar-refractivity contribution in [2.45, 2.75) is 53.6 Å². The predicted octanol–water partition coefficient (Wildman–Crippen LogP) is 4.67. The topological polar surface area (TPSA) is 67.2 Å². The zero-order valence-corrected chi connectivity index (χ0v) is 22.1. The maximum absolute atomic E-state index is 14.1. The lowest BCUT2D eigenvalue weighted by molar-refractivity contribution is 0.0564. The lowest BCUT2D eigenvalue weighted by Crippen LogP contribution is -2.44. The summed E-state index contributed by atoms with van der Waals surface area (Å²) in [5, 5.41) is 3.43. The molecule has 2 atom stereocenters. The maximum Gasteiger partial charge on any atom is 0.257 e. The van der Waals surface area contributed by atoms with Crippen LogP contribution in [0.1, 0.15) is 64.9 Å². The van der Waals surface area contributed by atoms with Gasteiger partial charge in [-0.2, -0.15) is 0 Å². The van der Waals surface area contributed by atoms with Crippen LogP contribution >= 0.6 is 0 Å². The van der Waals surface area contributed by atoms with Crippen molar-refractivity contribution < 1.29 is 4.79 Å². The highest BCUT2D eigenvalue weighted by Gasteiger charge is 2.35. The van der Waals surface area contributed by atoms with E-state index >= 15 is 0 Å². The Bertz CT molecular complexity index is 1240. The van der Waals surface area contributed by atoms with E-state index in [4.69, 9.17) is 4.98 Å². The highest BCUT2D eigenvalue weighted by Crippen LogP contribution is 2.31. The molecule has 1 fully saturated rings. The monoisotopic (exact) mass is 486 g/mol. The normalized spacial score (nSPS) is 16.3. The van der Waals surface area contributed by atoms with E-state index in [0.717, 1.165) is 36.3 Å². The van der Waals surface area contributed by atoms with Crippen LogP contribution in [0.25, 0.3) is 0 Å². The fraction of sp³-hybridized carbons (Fsp3) is 0.433. The van der Waals surface area contributed by atoms with Crippen LogP contribution in [0.5, 0.6) is 0 Å². The van der Waals surface area contributed by atoms with E-state index in [1.54, 1.807) is 4.57 Å². The van der Waals surface area contributed by atoms with Gasteiger partial charge in [0.25, 0.3) is 11.5 Å². The summed E-state index contributed by atoms with van der Waals surface area (Å²) in [6.45, 7) is 12.9. The highest BCUT2D eigenvalue weighted by molar-refractivity contribution is 5.94. The van der Waals surface area contributed by atoms with Crippen LogP contribution in [-0.4, -0.2) is 40.0 Å². The minimum absolute atomic E-state index is 0.0145. The third-order valence-electron chi connectivity index (χ3n) is 7.26. The van der Waals surface area contributed by atoms with E-state index < -0.39 is 0 Å². The summed E-state index contributed by atoms with van der Waals surface area (Å²) in [5.74, 6) is 1.07. The lowest BCUT2D eigenvalue weighted by Gasteiger charge is -2.37. The average molecular weight is 487 g/mol. The Kier molecular flexibility index (Phi) is 8.04. The molecule has 0 radical (unpaired) electrons. The molecule has 0 spiro atoms. The molecule has 1 amide bonds. The lowest BCUT2D eigenvalue weighted by atomic mass is 9.96. The molecule has 4 rings (SSSR count). The minimum atomic E-state index is -0.338. The molecular weight excluding hydrogens is 448 g/mol. The standard InChI is InChI=1S/C30H38N4O2/c1-20(2)27(28-32-23(5)22(4)29(35)34(28)18-24-9-7-6-8-10-24)33(19-25-15-16-31-17-25)30(36)26-13-11-21(3)12-14-26/h6-14,20,25,27,31H,15-19H2,1-5H3. The van der Waals surface area contributed by atoms with Crippen LogP contribution in [-0.2, 0) is 6.54 Å². The van der Waals surface area contributed by atoms with E-state index in [0.29, 0.717) is 36.0 Å². The van der Waals surface area contributed by atoms with Crippen molar-refractivity contribution in [3.05, 3.63) is 98.7 Å². The number of aryl methyl sites for hydroxylation is 2. The SMILES string of the molecule is Cc1ccc(C(=O)N(CC2CCNC2)C(c2nc(C)c(C)c(=O)n2Cc2ccccc2)C(C)C)cc1. The number of amides is 1. The molecule has 36 heavy (non-hydrogen) atoms. The number of nitrogens with one attached hydrogen (secondary N) is 1. The third-order valence-corrected chi connectivity index (χ3v) is 7.26. The van der Waals surface area contributed by atoms with Crippen molar-refractivity contribution in [3.63, 3.8) is 0 Å². The number of carbonyl (C=O) groups excluding carboxylic acids is 1. The largest absolute Gasteiger partial charge is 0.328 e. The first-order valence-electron chi connectivity index (χ1n) is 13.0. The second-order valence-corrected chi connectivity index (χ2v) is 10.4. The first-order valence-corrected chi connectivity index (χ1v) is 13.0. The van der Waals surface area contributed by atoms with Crippen molar-refractivity contribution >= 4 is 5.91 Å². The van der Waals surface area contributed by atoms with E-state index in [9.17, 15) is 9.59 Å². The van der Waals surface area contributed by atoms with Crippen molar-refractivity contribution in [1.82, 2.24) is 19.8 Å². The molecule has 1 N–H and O–H groups in total. The Hall–Kier alpha value is -3.25. The van der Waals surface area contributed by atoms with Gasteiger partial charge >= 0.3 is 0 Å². The summed E-state index contributed by atoms with van der Waals surface area (Å²) in [5.41, 5.74) is 4.13. The molecule has 2 aromatic carbocycles. The van der Waals surface area contributed by atoms with Gasteiger partial charge in [0.2, 0.25) is 0 Å². The summed E-state index contributed by atoms with van der Waals surface area (Å²) >= 11 is 0. The summed E-state index contributed by atoms with van der Waals surface area (Å²) < 4.78 is 1.78. The highest BCUT2D eigenvalue weighted by atomic mass is 16.2. The molecule has 2 heterocycles. The van der Waals surface area contributed by atoms with Crippen LogP contribution < -0.4 is 10.9 Å². The van der Waals surface area contributed by atoms with Crippen molar-refractivity contribution in [3.8, 4) is 0 Å². The quantitative estimate of drug-likeness (QED) is 0.503. The molecule has 0 saturated carbocycles. The third kappa shape index (κ3) is 5.59. The zero-order valence-electron chi connectivity index (χ0n) is 22.1. The van der Waals surface area contributed by atoms with Crippen molar-refractivity contribution in [1.29, 1.82) is 0 Å². The van der Waals surface area contributed by atoms with E-state index in [1.807, 2.05) is 80.3 Å². The molecule has 0 aliphatic carbocycles. The second-order valence-electron chi connectivity index (χ2n) is 10.4. The van der Waals surface area contributed by atoms with Crippen molar-refractivity contribution in [2.24, 2.45) is 11.8 Å². The van der Waals surface area contributed by atoms with Gasteiger partial charge in [0, 0.05) is 23.4 Å². The van der Waals surface area contributed by atoms with Gasteiger partial charge in [-0.3, -0.25) is 14.2 Å². The fourth-order valence-electron chi connectivity index (χ4n) is 5.05. The van der Waals surface area contributed by atoms with E-state index in [-0.39, 0.29) is 23.4 Å². The van der Waals surface area contributed by atoms with Gasteiger partial charge in [0.1, 0.15) is 5.82 Å². The Morgan fingerprint density at radius 1 is 1.08 bits per heavy atom. The summed E-state index contributed by atoms with van der Waals surface area (Å²) in [7, 11) is 0. The first-order chi connectivity index (χ1) is 17.3. The first kappa shape index (κ1) is 25.8. The Morgan fingerprint density at radius 2 is 1.78 bits per heavy atom. The Labute approximate surface area is 214 Å². The van der Waals surface area contributed by atoms with Gasteiger partial charge in [-0.15, -0.1) is 0 Å². The van der Waals surface area contributed by atoms with Crippen LogP contribution in [0.15, 0.2) is 59.4 Å². The molecule has 2 unspecified atom stereocenters. The Balaban J connectivity index is 1.85. The van der Waals surface area contributed by atoms with Gasteiger partial charge in [-0.25, -0.2) is 4.98 Å². The molecule has 6 heteroatoms. The summed E-state index contributed by atoms with van der Waals surface area (Å²) in [6.07, 6.45) is 1.03. The molecule has 6 nitrogen and oxygen atoms in total. The number of nitrogens with zero attached hydrogens (tertiary/aromatic N) is 3. The fourth-order valence-corrected chi connectivity index (χ4v) is 5.05. The molecule has 1 saturated heterocycles. The van der Waals surface area contributed by atoms with Gasteiger partial charge < -0.3 is 10.2 Å². The van der Waals surface area contributed by atoms with Gasteiger partial charge in [0.15, 0.2) is 0 Å². The van der Waals surface area contributed by atoms with Crippen LogP contribution in [0.3, 0.4) is 0 Å². The molecule has 0 bridgehead atoms. The number of aromatic nitrogens is 2. The molecule has 1 aliphatic heterocycles. The number of hydrogen-bond acceptors (Lipinski definition) is 4. The number of rotatable bonds is 8. The zero-order chi connectivity index (χ0) is 25.8. The van der Waals surface area contributed by atoms with E-state index in [2.05, 4.69) is 19.2 Å². The smallest absolute Gasteiger partial charge is 0.257 e. The molecule has 1 aliphatic rings. The van der Waals surface area contributed by atoms with Gasteiger partial charge in [-0.05, 0) is 69.8 Å². The van der Waals surface area contributed by atoms with Crippen molar-refractivity contribution in [2.75, 3.05) is 19.6 Å². The number of benzene rings is 2. The molecule has 3 aromatic rings. The minimum Gasteiger partial charge on any atom is -0.328 e. The summed E-state index contributed by atoms with van der Waals surface area (Å²) in [6, 6.07) is 17.4.